The highest BCUT2D eigenvalue weighted by Gasteiger charge is 2.92. The molecule has 4 saturated heterocycles. The summed E-state index contributed by atoms with van der Waals surface area (Å²) in [7, 11) is 0. The average Bonchev–Trinajstić information content (AvgIpc) is 3.59. The quantitative estimate of drug-likeness (QED) is 0.206. The number of aliphatic hydroxyl groups excluding tert-OH is 2. The van der Waals surface area contributed by atoms with Gasteiger partial charge in [0.1, 0.15) is 30.2 Å². The van der Waals surface area contributed by atoms with Crippen molar-refractivity contribution in [2.45, 2.75) is 146 Å². The van der Waals surface area contributed by atoms with E-state index in [1.807, 2.05) is 19.9 Å². The van der Waals surface area contributed by atoms with Crippen molar-refractivity contribution in [2.75, 3.05) is 13.2 Å². The summed E-state index contributed by atoms with van der Waals surface area (Å²) in [6.45, 7) is 6.23. The van der Waals surface area contributed by atoms with Gasteiger partial charge < -0.3 is 33.6 Å². The number of furan rings is 1. The van der Waals surface area contributed by atoms with Gasteiger partial charge in [0.2, 0.25) is 0 Å². The zero-order chi connectivity index (χ0) is 33.7. The van der Waals surface area contributed by atoms with Crippen LogP contribution in [-0.4, -0.2) is 70.7 Å². The maximum Gasteiger partial charge on any atom is 0.339 e. The molecular weight excluding hydrogens is 616 g/mol. The van der Waals surface area contributed by atoms with Crippen molar-refractivity contribution >= 4 is 17.7 Å². The third-order valence-electron chi connectivity index (χ3n) is 14.3. The average molecular weight is 669 g/mol. The molecule has 2 N–H and O–H groups in total. The molecule has 1 aromatic heterocycles. The van der Waals surface area contributed by atoms with Crippen molar-refractivity contribution in [1.82, 2.24) is 0 Å². The van der Waals surface area contributed by atoms with Gasteiger partial charge in [-0.25, -0.2) is 4.79 Å². The molecule has 0 bridgehead atoms. The number of ether oxygens (including phenoxy) is 4. The van der Waals surface area contributed by atoms with Crippen LogP contribution in [0.15, 0.2) is 16.7 Å². The van der Waals surface area contributed by atoms with Crippen LogP contribution in [-0.2, 0) is 39.8 Å². The van der Waals surface area contributed by atoms with Gasteiger partial charge in [0.25, 0.3) is 0 Å². The first kappa shape index (κ1) is 32.9. The zero-order valence-corrected chi connectivity index (χ0v) is 28.7. The number of fused-ring (bicyclic) bond motifs is 1. The van der Waals surface area contributed by atoms with Crippen molar-refractivity contribution < 1.29 is 48.0 Å². The van der Waals surface area contributed by atoms with Crippen LogP contribution in [0.3, 0.4) is 0 Å². The van der Waals surface area contributed by atoms with Crippen LogP contribution in [0.25, 0.3) is 0 Å². The fraction of sp³-hybridized carbons (Fsp3) is 0.816. The van der Waals surface area contributed by atoms with E-state index in [0.717, 1.165) is 75.5 Å². The molecule has 5 heterocycles. The number of carbonyl (C=O) groups excluding carboxylic acids is 3. The minimum atomic E-state index is -1.36. The third kappa shape index (κ3) is 4.09. The fourth-order valence-electron chi connectivity index (χ4n) is 12.7. The summed E-state index contributed by atoms with van der Waals surface area (Å²) in [5.74, 6) is -1.23. The van der Waals surface area contributed by atoms with Gasteiger partial charge in [0.05, 0.1) is 30.3 Å². The van der Waals surface area contributed by atoms with E-state index in [2.05, 4.69) is 6.92 Å². The first-order valence-corrected chi connectivity index (χ1v) is 18.6. The number of carbonyl (C=O) groups is 3. The minimum absolute atomic E-state index is 0.0635. The van der Waals surface area contributed by atoms with Crippen molar-refractivity contribution in [2.24, 2.45) is 34.0 Å². The molecule has 0 aromatic carbocycles. The Hall–Kier alpha value is -2.27. The lowest BCUT2D eigenvalue weighted by atomic mass is 9.33. The number of aliphatic hydroxyl groups is 2. The summed E-state index contributed by atoms with van der Waals surface area (Å²) in [6, 6.07) is 1.92. The van der Waals surface area contributed by atoms with Crippen molar-refractivity contribution in [3.63, 3.8) is 0 Å². The summed E-state index contributed by atoms with van der Waals surface area (Å²) in [6.07, 6.45) is 9.74. The highest BCUT2D eigenvalue weighted by atomic mass is 16.7. The predicted octanol–water partition coefficient (Wildman–Crippen LogP) is 5.15. The maximum atomic E-state index is 15.0. The number of ketones is 1. The first-order chi connectivity index (χ1) is 23.0. The molecule has 2 spiro atoms. The molecular formula is C38H52O10. The van der Waals surface area contributed by atoms with Crippen molar-refractivity contribution in [1.29, 1.82) is 0 Å². The number of unbranched alkanes of at least 4 members (excludes halogenated alkanes) is 4. The molecule has 8 rings (SSSR count). The number of aryl methyl sites for hydroxylation is 1. The van der Waals surface area contributed by atoms with E-state index in [1.54, 1.807) is 6.26 Å². The monoisotopic (exact) mass is 668 g/mol. The van der Waals surface area contributed by atoms with Gasteiger partial charge in [-0.15, -0.1) is 0 Å². The molecule has 7 fully saturated rings. The summed E-state index contributed by atoms with van der Waals surface area (Å²) in [5, 5.41) is 22.0. The summed E-state index contributed by atoms with van der Waals surface area (Å²) >= 11 is 0. The summed E-state index contributed by atoms with van der Waals surface area (Å²) in [5.41, 5.74) is -3.86. The Kier molecular flexibility index (Phi) is 7.80. The topological polar surface area (TPSA) is 145 Å². The van der Waals surface area contributed by atoms with Crippen LogP contribution in [0.4, 0.5) is 0 Å². The Morgan fingerprint density at radius 1 is 0.917 bits per heavy atom. The third-order valence-corrected chi connectivity index (χ3v) is 14.3. The van der Waals surface area contributed by atoms with E-state index < -0.39 is 63.8 Å². The molecule has 0 amide bonds. The van der Waals surface area contributed by atoms with E-state index in [-0.39, 0.29) is 43.2 Å². The molecule has 48 heavy (non-hydrogen) atoms. The first-order valence-electron chi connectivity index (χ1n) is 18.6. The van der Waals surface area contributed by atoms with E-state index in [1.165, 1.54) is 0 Å². The van der Waals surface area contributed by atoms with Gasteiger partial charge >= 0.3 is 11.9 Å². The lowest BCUT2D eigenvalue weighted by Crippen LogP contribution is -2.79. The Bertz CT molecular complexity index is 1460. The lowest BCUT2D eigenvalue weighted by Gasteiger charge is -2.70. The number of hydrogen-bond donors (Lipinski definition) is 2. The van der Waals surface area contributed by atoms with E-state index in [0.29, 0.717) is 19.3 Å². The molecule has 3 saturated carbocycles. The molecule has 0 radical (unpaired) electrons. The molecule has 7 aliphatic rings. The summed E-state index contributed by atoms with van der Waals surface area (Å²) in [4.78, 5) is 41.8. The largest absolute Gasteiger partial charge is 0.469 e. The standard InChI is InChI=1S/C38H52O10/c1-34(2)29-28(41)30(42)37(22-12-8-7-9-13-22)25(36(29)21-45-27(40)20-26(36)47-34)15-17-35(3)31(46-33(43)32-38(35,37)48-32)23-16-19-44-24(23)14-10-5-4-6-11-18-39/h16,19,22,25-26,29-32,39,42H,4-15,17-18,20-21H2,1-3H3/t25-,26+,29-,30-,31+,32-,35+,36+,37+,38-/m1/s1. The SMILES string of the molecule is CC1(C)O[C@H]2CC(=O)OC[C@@]23[C@@H]1C(=O)[C@@H](O)[C@]1(C2CCCCC2)[C@@H]3CC[C@@]2(C)[C@H](c3ccoc3CCCCCCCO)OC(=O)[C@H]3O[C@@]312. The van der Waals surface area contributed by atoms with Gasteiger partial charge in [-0.2, -0.15) is 0 Å². The minimum Gasteiger partial charge on any atom is -0.469 e. The molecule has 3 aliphatic carbocycles. The Labute approximate surface area is 282 Å². The molecule has 10 atom stereocenters. The molecule has 1 aromatic rings. The van der Waals surface area contributed by atoms with Gasteiger partial charge in [-0.1, -0.05) is 45.4 Å². The highest BCUT2D eigenvalue weighted by Crippen LogP contribution is 2.82. The van der Waals surface area contributed by atoms with Crippen molar-refractivity contribution in [3.05, 3.63) is 23.7 Å². The molecule has 0 unspecified atom stereocenters. The number of Topliss-reactive ketones (excluding diaryl/α,β-unsaturated/α-hetero) is 1. The van der Waals surface area contributed by atoms with Crippen LogP contribution in [0.2, 0.25) is 0 Å². The van der Waals surface area contributed by atoms with Crippen LogP contribution >= 0.6 is 0 Å². The molecule has 4 aliphatic heterocycles. The van der Waals surface area contributed by atoms with E-state index in [9.17, 15) is 19.5 Å². The van der Waals surface area contributed by atoms with Crippen LogP contribution < -0.4 is 0 Å². The Morgan fingerprint density at radius 2 is 1.67 bits per heavy atom. The van der Waals surface area contributed by atoms with Crippen molar-refractivity contribution in [3.8, 4) is 0 Å². The number of rotatable bonds is 9. The van der Waals surface area contributed by atoms with Crippen LogP contribution in [0.5, 0.6) is 0 Å². The van der Waals surface area contributed by atoms with Gasteiger partial charge in [-0.05, 0) is 70.3 Å². The van der Waals surface area contributed by atoms with Gasteiger partial charge in [0, 0.05) is 34.8 Å². The number of cyclic esters (lactones) is 2. The van der Waals surface area contributed by atoms with E-state index >= 15 is 0 Å². The second-order valence-electron chi connectivity index (χ2n) is 16.8. The van der Waals surface area contributed by atoms with E-state index in [4.69, 9.17) is 28.5 Å². The fourth-order valence-corrected chi connectivity index (χ4v) is 12.7. The maximum absolute atomic E-state index is 15.0. The summed E-state index contributed by atoms with van der Waals surface area (Å²) < 4.78 is 31.8. The molecule has 264 valence electrons. The number of epoxide rings is 1. The molecule has 10 heteroatoms. The second-order valence-corrected chi connectivity index (χ2v) is 16.8. The number of hydrogen-bond acceptors (Lipinski definition) is 10. The van der Waals surface area contributed by atoms with Gasteiger partial charge in [-0.3, -0.25) is 9.59 Å². The van der Waals surface area contributed by atoms with Crippen LogP contribution in [0.1, 0.15) is 122 Å². The van der Waals surface area contributed by atoms with Gasteiger partial charge in [0.15, 0.2) is 11.9 Å². The van der Waals surface area contributed by atoms with Crippen LogP contribution in [0, 0.1) is 34.0 Å². The zero-order valence-electron chi connectivity index (χ0n) is 28.7. The number of esters is 2. The lowest BCUT2D eigenvalue weighted by molar-refractivity contribution is -0.275. The normalized spacial score (nSPS) is 44.5. The Morgan fingerprint density at radius 3 is 2.44 bits per heavy atom. The predicted molar refractivity (Wildman–Crippen MR) is 170 cm³/mol. The second kappa shape index (κ2) is 11.4. The molecule has 10 nitrogen and oxygen atoms in total. The smallest absolute Gasteiger partial charge is 0.339 e. The highest BCUT2D eigenvalue weighted by molar-refractivity contribution is 5.92. The Balaban J connectivity index is 1.25.